The smallest absolute Gasteiger partial charge is 0.258 e. The van der Waals surface area contributed by atoms with Crippen LogP contribution in [-0.2, 0) is 5.75 Å². The number of nitro benzene ring substituents is 1. The maximum Gasteiger partial charge on any atom is 0.276 e. The fourth-order valence-electron chi connectivity index (χ4n) is 0.874. The predicted molar refractivity (Wildman–Crippen MR) is 45.7 cm³/mol. The molecule has 0 saturated heterocycles. The van der Waals surface area contributed by atoms with Gasteiger partial charge in [0.2, 0.25) is 0 Å². The average molecular weight is 205 g/mol. The summed E-state index contributed by atoms with van der Waals surface area (Å²) < 4.78 is 25.1. The van der Waals surface area contributed by atoms with Gasteiger partial charge in [0.1, 0.15) is 0 Å². The van der Waals surface area contributed by atoms with Crippen LogP contribution in [0.5, 0.6) is 0 Å². The molecule has 0 unspecified atom stereocenters. The van der Waals surface area contributed by atoms with Gasteiger partial charge in [-0.15, -0.1) is 0 Å². The molecule has 0 amide bonds. The van der Waals surface area contributed by atoms with Crippen LogP contribution in [0.15, 0.2) is 12.1 Å². The van der Waals surface area contributed by atoms with Gasteiger partial charge < -0.3 is 0 Å². The summed E-state index contributed by atoms with van der Waals surface area (Å²) >= 11 is 3.76. The first kappa shape index (κ1) is 9.91. The largest absolute Gasteiger partial charge is 0.276 e. The molecule has 13 heavy (non-hydrogen) atoms. The summed E-state index contributed by atoms with van der Waals surface area (Å²) in [5.41, 5.74) is -0.388. The van der Waals surface area contributed by atoms with Crippen molar-refractivity contribution in [2.24, 2.45) is 0 Å². The topological polar surface area (TPSA) is 43.1 Å². The van der Waals surface area contributed by atoms with Crippen molar-refractivity contribution in [2.75, 3.05) is 0 Å². The first-order chi connectivity index (χ1) is 6.06. The van der Waals surface area contributed by atoms with E-state index in [1.165, 1.54) is 0 Å². The Balaban J connectivity index is 3.33. The van der Waals surface area contributed by atoms with Gasteiger partial charge in [-0.2, -0.15) is 12.6 Å². The van der Waals surface area contributed by atoms with Gasteiger partial charge in [-0.3, -0.25) is 10.1 Å². The van der Waals surface area contributed by atoms with Crippen LogP contribution in [0.4, 0.5) is 14.5 Å². The summed E-state index contributed by atoms with van der Waals surface area (Å²) in [4.78, 5) is 9.56. The van der Waals surface area contributed by atoms with Crippen molar-refractivity contribution in [3.8, 4) is 0 Å². The molecule has 0 atom stereocenters. The van der Waals surface area contributed by atoms with Crippen LogP contribution in [-0.4, -0.2) is 4.92 Å². The van der Waals surface area contributed by atoms with Gasteiger partial charge in [0.15, 0.2) is 11.6 Å². The maximum atomic E-state index is 12.6. The standard InChI is InChI=1S/C7H5F2NO2S/c8-5-1-4(3-13)7(10(11)12)2-6(5)9/h1-2,13H,3H2. The van der Waals surface area contributed by atoms with Crippen LogP contribution in [0.2, 0.25) is 0 Å². The number of benzene rings is 1. The van der Waals surface area contributed by atoms with Crippen molar-refractivity contribution in [1.29, 1.82) is 0 Å². The Bertz CT molecular complexity index is 357. The van der Waals surface area contributed by atoms with Crippen molar-refractivity contribution in [2.45, 2.75) is 5.75 Å². The molecule has 1 aromatic carbocycles. The fourth-order valence-corrected chi connectivity index (χ4v) is 1.13. The molecule has 0 spiro atoms. The van der Waals surface area contributed by atoms with Crippen LogP contribution in [0.1, 0.15) is 5.56 Å². The third-order valence-corrected chi connectivity index (χ3v) is 1.83. The van der Waals surface area contributed by atoms with E-state index in [1.807, 2.05) is 0 Å². The molecule has 6 heteroatoms. The molecule has 0 aromatic heterocycles. The minimum absolute atomic E-state index is 0.00644. The van der Waals surface area contributed by atoms with Gasteiger partial charge in [0, 0.05) is 11.3 Å². The number of hydrogen-bond acceptors (Lipinski definition) is 3. The summed E-state index contributed by atoms with van der Waals surface area (Å²) in [5, 5.41) is 10.3. The number of rotatable bonds is 2. The van der Waals surface area contributed by atoms with Gasteiger partial charge in [-0.1, -0.05) is 0 Å². The van der Waals surface area contributed by atoms with Crippen molar-refractivity contribution in [1.82, 2.24) is 0 Å². The summed E-state index contributed by atoms with van der Waals surface area (Å²) in [7, 11) is 0. The Morgan fingerprint density at radius 2 is 1.92 bits per heavy atom. The number of hydrogen-bond donors (Lipinski definition) is 1. The normalized spacial score (nSPS) is 10.1. The summed E-state index contributed by atoms with van der Waals surface area (Å²) in [6.07, 6.45) is 0. The zero-order chi connectivity index (χ0) is 10.0. The molecule has 3 nitrogen and oxygen atoms in total. The van der Waals surface area contributed by atoms with Crippen LogP contribution in [0, 0.1) is 21.7 Å². The maximum absolute atomic E-state index is 12.6. The van der Waals surface area contributed by atoms with Gasteiger partial charge in [0.25, 0.3) is 5.69 Å². The Morgan fingerprint density at radius 3 is 2.38 bits per heavy atom. The lowest BCUT2D eigenvalue weighted by atomic mass is 10.2. The quantitative estimate of drug-likeness (QED) is 0.457. The van der Waals surface area contributed by atoms with E-state index < -0.39 is 22.2 Å². The molecule has 0 aliphatic heterocycles. The fraction of sp³-hybridized carbons (Fsp3) is 0.143. The van der Waals surface area contributed by atoms with Crippen LogP contribution < -0.4 is 0 Å². The monoisotopic (exact) mass is 205 g/mol. The molecule has 0 aliphatic rings. The van der Waals surface area contributed by atoms with Crippen LogP contribution >= 0.6 is 12.6 Å². The number of halogens is 2. The van der Waals surface area contributed by atoms with Crippen LogP contribution in [0.25, 0.3) is 0 Å². The third kappa shape index (κ3) is 1.95. The van der Waals surface area contributed by atoms with E-state index in [1.54, 1.807) is 0 Å². The molecular weight excluding hydrogens is 200 g/mol. The first-order valence-electron chi connectivity index (χ1n) is 3.29. The van der Waals surface area contributed by atoms with E-state index in [2.05, 4.69) is 12.6 Å². The Labute approximate surface area is 77.9 Å². The second kappa shape index (κ2) is 3.69. The second-order valence-electron chi connectivity index (χ2n) is 2.31. The van der Waals surface area contributed by atoms with Gasteiger partial charge >= 0.3 is 0 Å². The van der Waals surface area contributed by atoms with Gasteiger partial charge in [0.05, 0.1) is 11.0 Å². The second-order valence-corrected chi connectivity index (χ2v) is 2.63. The molecule has 1 aromatic rings. The Kier molecular flexibility index (Phi) is 2.82. The van der Waals surface area contributed by atoms with Crippen molar-refractivity contribution in [3.63, 3.8) is 0 Å². The molecule has 0 N–H and O–H groups in total. The lowest BCUT2D eigenvalue weighted by Crippen LogP contribution is -1.97. The van der Waals surface area contributed by atoms with E-state index in [0.717, 1.165) is 6.07 Å². The molecule has 1 rings (SSSR count). The summed E-state index contributed by atoms with van der Waals surface area (Å²) in [5.74, 6) is -2.33. The van der Waals surface area contributed by atoms with Gasteiger partial charge in [-0.05, 0) is 6.07 Å². The lowest BCUT2D eigenvalue weighted by molar-refractivity contribution is -0.385. The highest BCUT2D eigenvalue weighted by molar-refractivity contribution is 7.79. The molecule has 0 bridgehead atoms. The first-order valence-corrected chi connectivity index (χ1v) is 3.92. The minimum atomic E-state index is -1.22. The molecule has 0 heterocycles. The molecule has 0 saturated carbocycles. The highest BCUT2D eigenvalue weighted by Gasteiger charge is 2.16. The van der Waals surface area contributed by atoms with Gasteiger partial charge in [-0.25, -0.2) is 8.78 Å². The third-order valence-electron chi connectivity index (χ3n) is 1.49. The van der Waals surface area contributed by atoms with Crippen molar-refractivity contribution >= 4 is 18.3 Å². The van der Waals surface area contributed by atoms with E-state index >= 15 is 0 Å². The number of nitrogens with zero attached hydrogens (tertiary/aromatic N) is 1. The zero-order valence-corrected chi connectivity index (χ0v) is 7.22. The molecule has 0 aliphatic carbocycles. The van der Waals surface area contributed by atoms with E-state index in [-0.39, 0.29) is 11.3 Å². The predicted octanol–water partition coefficient (Wildman–Crippen LogP) is 2.30. The zero-order valence-electron chi connectivity index (χ0n) is 6.33. The van der Waals surface area contributed by atoms with E-state index in [4.69, 9.17) is 0 Å². The average Bonchev–Trinajstić information content (AvgIpc) is 2.08. The van der Waals surface area contributed by atoms with E-state index in [9.17, 15) is 18.9 Å². The highest BCUT2D eigenvalue weighted by atomic mass is 32.1. The summed E-state index contributed by atoms with van der Waals surface area (Å²) in [6.45, 7) is 0. The van der Waals surface area contributed by atoms with E-state index in [0.29, 0.717) is 6.07 Å². The lowest BCUT2D eigenvalue weighted by Gasteiger charge is -1.99. The summed E-state index contributed by atoms with van der Waals surface area (Å²) in [6, 6.07) is 1.33. The molecule has 0 fully saturated rings. The minimum Gasteiger partial charge on any atom is -0.258 e. The Morgan fingerprint density at radius 1 is 1.38 bits per heavy atom. The SMILES string of the molecule is O=[N+]([O-])c1cc(F)c(F)cc1CS. The molecule has 0 radical (unpaired) electrons. The molecular formula is C7H5F2NO2S. The highest BCUT2D eigenvalue weighted by Crippen LogP contribution is 2.23. The van der Waals surface area contributed by atoms with Crippen LogP contribution in [0.3, 0.4) is 0 Å². The number of nitro groups is 1. The van der Waals surface area contributed by atoms with Crippen molar-refractivity contribution in [3.05, 3.63) is 39.4 Å². The number of thiol groups is 1. The molecule has 70 valence electrons. The Hall–Kier alpha value is -1.17. The van der Waals surface area contributed by atoms with Crippen molar-refractivity contribution < 1.29 is 13.7 Å².